The van der Waals surface area contributed by atoms with Gasteiger partial charge in [0.2, 0.25) is 15.9 Å². The Morgan fingerprint density at radius 3 is 2.44 bits per heavy atom. The van der Waals surface area contributed by atoms with Crippen LogP contribution in [-0.2, 0) is 24.3 Å². The Hall–Kier alpha value is -0.390. The minimum atomic E-state index is -4.05. The van der Waals surface area contributed by atoms with Crippen molar-refractivity contribution < 1.29 is 22.7 Å². The summed E-state index contributed by atoms with van der Waals surface area (Å²) >= 11 is 15.7. The van der Waals surface area contributed by atoms with Gasteiger partial charge in [-0.3, -0.25) is 4.79 Å². The van der Waals surface area contributed by atoms with Crippen LogP contribution in [0.4, 0.5) is 0 Å². The summed E-state index contributed by atoms with van der Waals surface area (Å²) in [5.41, 5.74) is 0. The van der Waals surface area contributed by atoms with Crippen molar-refractivity contribution in [3.63, 3.8) is 0 Å². The molecule has 1 aromatic heterocycles. The van der Waals surface area contributed by atoms with E-state index in [2.05, 4.69) is 30.7 Å². The van der Waals surface area contributed by atoms with Crippen LogP contribution in [-0.4, -0.2) is 40.0 Å². The van der Waals surface area contributed by atoms with Crippen molar-refractivity contribution in [3.05, 3.63) is 13.1 Å². The van der Waals surface area contributed by atoms with E-state index in [1.165, 1.54) is 7.11 Å². The fourth-order valence-electron chi connectivity index (χ4n) is 1.85. The number of esters is 1. The molecule has 0 spiro atoms. The molecule has 1 amide bonds. The van der Waals surface area contributed by atoms with Crippen LogP contribution in [0.3, 0.4) is 0 Å². The third-order valence-corrected chi connectivity index (χ3v) is 7.95. The predicted octanol–water partition coefficient (Wildman–Crippen LogP) is 2.94. The van der Waals surface area contributed by atoms with Crippen LogP contribution in [0.2, 0.25) is 8.67 Å². The molecule has 7 nitrogen and oxygen atoms in total. The highest BCUT2D eigenvalue weighted by Crippen LogP contribution is 2.42. The SMILES string of the molecule is CCCCC(NC(=O)CNS(=O)(=O)c1c(Cl)sc(Cl)c1Br)C(=O)OC. The Morgan fingerprint density at radius 2 is 1.96 bits per heavy atom. The molecule has 2 N–H and O–H groups in total. The summed E-state index contributed by atoms with van der Waals surface area (Å²) in [7, 11) is -2.84. The number of halogens is 3. The molecule has 0 aromatic carbocycles. The molecule has 142 valence electrons. The molecule has 12 heteroatoms. The van der Waals surface area contributed by atoms with Gasteiger partial charge in [0.05, 0.1) is 18.1 Å². The Bertz CT molecular complexity index is 739. The lowest BCUT2D eigenvalue weighted by Crippen LogP contribution is -2.45. The predicted molar refractivity (Wildman–Crippen MR) is 101 cm³/mol. The van der Waals surface area contributed by atoms with Crippen molar-refractivity contribution >= 4 is 72.4 Å². The second-order valence-electron chi connectivity index (χ2n) is 4.90. The number of rotatable bonds is 9. The Labute approximate surface area is 168 Å². The van der Waals surface area contributed by atoms with E-state index >= 15 is 0 Å². The summed E-state index contributed by atoms with van der Waals surface area (Å²) in [6, 6.07) is -0.826. The zero-order valence-corrected chi connectivity index (χ0v) is 18.1. The van der Waals surface area contributed by atoms with Crippen molar-refractivity contribution in [2.24, 2.45) is 0 Å². The average Bonchev–Trinajstić information content (AvgIpc) is 2.81. The molecular formula is C13H17BrCl2N2O5S2. The number of carbonyl (C=O) groups is 2. The van der Waals surface area contributed by atoms with E-state index in [0.29, 0.717) is 12.8 Å². The first-order valence-corrected chi connectivity index (χ1v) is 11.0. The molecule has 0 bridgehead atoms. The van der Waals surface area contributed by atoms with Gasteiger partial charge >= 0.3 is 5.97 Å². The third-order valence-electron chi connectivity index (χ3n) is 3.09. The van der Waals surface area contributed by atoms with Gasteiger partial charge in [0.25, 0.3) is 0 Å². The number of amides is 1. The number of unbranched alkanes of at least 4 members (excludes halogenated alkanes) is 1. The summed E-state index contributed by atoms with van der Waals surface area (Å²) in [5, 5.41) is 2.45. The number of methoxy groups -OCH3 is 1. The van der Waals surface area contributed by atoms with Crippen LogP contribution in [0.1, 0.15) is 26.2 Å². The van der Waals surface area contributed by atoms with Gasteiger partial charge in [-0.25, -0.2) is 17.9 Å². The summed E-state index contributed by atoms with van der Waals surface area (Å²) in [4.78, 5) is 23.4. The molecule has 0 saturated carbocycles. The lowest BCUT2D eigenvalue weighted by molar-refractivity contribution is -0.145. The molecule has 1 heterocycles. The van der Waals surface area contributed by atoms with Crippen LogP contribution in [0.25, 0.3) is 0 Å². The van der Waals surface area contributed by atoms with Crippen LogP contribution in [0, 0.1) is 0 Å². The van der Waals surface area contributed by atoms with Crippen molar-refractivity contribution in [2.45, 2.75) is 37.1 Å². The van der Waals surface area contributed by atoms with Crippen molar-refractivity contribution in [2.75, 3.05) is 13.7 Å². The highest BCUT2D eigenvalue weighted by molar-refractivity contribution is 9.10. The van der Waals surface area contributed by atoms with Gasteiger partial charge in [-0.2, -0.15) is 0 Å². The van der Waals surface area contributed by atoms with E-state index in [0.717, 1.165) is 17.8 Å². The zero-order chi connectivity index (χ0) is 19.2. The van der Waals surface area contributed by atoms with Gasteiger partial charge < -0.3 is 10.1 Å². The maximum Gasteiger partial charge on any atom is 0.328 e. The van der Waals surface area contributed by atoms with Gasteiger partial charge in [-0.05, 0) is 22.4 Å². The Kier molecular flexibility index (Phi) is 9.13. The first kappa shape index (κ1) is 22.7. The Morgan fingerprint density at radius 1 is 1.32 bits per heavy atom. The van der Waals surface area contributed by atoms with E-state index in [4.69, 9.17) is 23.2 Å². The lowest BCUT2D eigenvalue weighted by Gasteiger charge is -2.16. The van der Waals surface area contributed by atoms with E-state index in [1.54, 1.807) is 0 Å². The second kappa shape index (κ2) is 10.1. The minimum Gasteiger partial charge on any atom is -0.467 e. The van der Waals surface area contributed by atoms with Gasteiger partial charge in [-0.15, -0.1) is 11.3 Å². The number of hydrogen-bond acceptors (Lipinski definition) is 6. The molecule has 1 aromatic rings. The highest BCUT2D eigenvalue weighted by Gasteiger charge is 2.27. The van der Waals surface area contributed by atoms with Gasteiger partial charge in [0.1, 0.15) is 19.6 Å². The fraction of sp³-hybridized carbons (Fsp3) is 0.538. The van der Waals surface area contributed by atoms with Crippen LogP contribution < -0.4 is 10.0 Å². The molecule has 0 aliphatic rings. The Balaban J connectivity index is 2.75. The molecule has 0 saturated heterocycles. The standard InChI is InChI=1S/C13H17BrCl2N2O5S2/c1-3-4-5-7(13(20)23-2)18-8(19)6-17-25(21,22)10-9(14)11(15)24-12(10)16/h7,17H,3-6H2,1-2H3,(H,18,19). The lowest BCUT2D eigenvalue weighted by atomic mass is 10.1. The summed E-state index contributed by atoms with van der Waals surface area (Å²) in [6.07, 6.45) is 1.95. The number of sulfonamides is 1. The molecular weight excluding hydrogens is 479 g/mol. The molecule has 0 radical (unpaired) electrons. The summed E-state index contributed by atoms with van der Waals surface area (Å²) in [5.74, 6) is -1.25. The number of hydrogen-bond donors (Lipinski definition) is 2. The number of carbonyl (C=O) groups excluding carboxylic acids is 2. The van der Waals surface area contributed by atoms with Gasteiger partial charge in [-0.1, -0.05) is 43.0 Å². The molecule has 0 fully saturated rings. The van der Waals surface area contributed by atoms with Crippen LogP contribution in [0.15, 0.2) is 9.37 Å². The normalized spacial score (nSPS) is 12.7. The van der Waals surface area contributed by atoms with E-state index < -0.39 is 34.5 Å². The molecule has 0 aliphatic carbocycles. The molecule has 0 aliphatic heterocycles. The van der Waals surface area contributed by atoms with Crippen molar-refractivity contribution in [3.8, 4) is 0 Å². The van der Waals surface area contributed by atoms with Crippen LogP contribution in [0.5, 0.6) is 0 Å². The van der Waals surface area contributed by atoms with Crippen molar-refractivity contribution in [1.82, 2.24) is 10.0 Å². The second-order valence-corrected chi connectivity index (χ2v) is 9.62. The molecule has 1 unspecified atom stereocenters. The number of ether oxygens (including phenoxy) is 1. The monoisotopic (exact) mass is 494 g/mol. The quantitative estimate of drug-likeness (QED) is 0.513. The number of thiophene rings is 1. The van der Waals surface area contributed by atoms with Gasteiger partial charge in [0.15, 0.2) is 0 Å². The first-order chi connectivity index (χ1) is 11.6. The largest absolute Gasteiger partial charge is 0.467 e. The topological polar surface area (TPSA) is 102 Å². The molecule has 25 heavy (non-hydrogen) atoms. The average molecular weight is 496 g/mol. The highest BCUT2D eigenvalue weighted by atomic mass is 79.9. The first-order valence-electron chi connectivity index (χ1n) is 7.14. The van der Waals surface area contributed by atoms with E-state index in [1.807, 2.05) is 6.92 Å². The van der Waals surface area contributed by atoms with E-state index in [9.17, 15) is 18.0 Å². The minimum absolute atomic E-state index is 0.0276. The number of nitrogens with one attached hydrogen (secondary N) is 2. The van der Waals surface area contributed by atoms with E-state index in [-0.39, 0.29) is 18.0 Å². The summed E-state index contributed by atoms with van der Waals surface area (Å²) in [6.45, 7) is 1.38. The smallest absolute Gasteiger partial charge is 0.328 e. The van der Waals surface area contributed by atoms with Crippen molar-refractivity contribution in [1.29, 1.82) is 0 Å². The van der Waals surface area contributed by atoms with Crippen LogP contribution >= 0.6 is 50.5 Å². The molecule has 1 rings (SSSR count). The molecule has 1 atom stereocenters. The van der Waals surface area contributed by atoms with Gasteiger partial charge in [0, 0.05) is 0 Å². The fourth-order valence-corrected chi connectivity index (χ4v) is 6.38. The maximum atomic E-state index is 12.3. The maximum absolute atomic E-state index is 12.3. The summed E-state index contributed by atoms with van der Waals surface area (Å²) < 4.78 is 31.6. The zero-order valence-electron chi connectivity index (χ0n) is 13.4. The third kappa shape index (κ3) is 6.37.